The lowest BCUT2D eigenvalue weighted by Gasteiger charge is -2.04. The van der Waals surface area contributed by atoms with Gasteiger partial charge in [-0.3, -0.25) is 4.99 Å². The van der Waals surface area contributed by atoms with E-state index in [2.05, 4.69) is 23.4 Å². The van der Waals surface area contributed by atoms with Gasteiger partial charge in [-0.2, -0.15) is 0 Å². The molecule has 0 unspecified atom stereocenters. The first-order valence-corrected chi connectivity index (χ1v) is 6.31. The molecule has 2 nitrogen and oxygen atoms in total. The Balaban J connectivity index is 2.30. The van der Waals surface area contributed by atoms with Gasteiger partial charge < -0.3 is 4.74 Å². The Morgan fingerprint density at radius 1 is 1.24 bits per heavy atom. The van der Waals surface area contributed by atoms with Crippen LogP contribution in [0.4, 0.5) is 5.69 Å². The molecule has 0 aliphatic heterocycles. The standard InChI is InChI=1S/C14H15NOS/c1-10-4-5-12(13(8-10)16-3)15-9-14-11(2)6-7-17-14/h4-9H,1-3H3. The Labute approximate surface area is 106 Å². The van der Waals surface area contributed by atoms with Crippen LogP contribution in [-0.4, -0.2) is 13.3 Å². The van der Waals surface area contributed by atoms with Crippen LogP contribution in [0.2, 0.25) is 0 Å². The molecule has 0 N–H and O–H groups in total. The van der Waals surface area contributed by atoms with E-state index in [9.17, 15) is 0 Å². The number of hydrogen-bond acceptors (Lipinski definition) is 3. The molecule has 88 valence electrons. The highest BCUT2D eigenvalue weighted by Crippen LogP contribution is 2.28. The number of thiophene rings is 1. The number of nitrogens with zero attached hydrogens (tertiary/aromatic N) is 1. The van der Waals surface area contributed by atoms with Gasteiger partial charge in [0, 0.05) is 11.1 Å². The smallest absolute Gasteiger partial charge is 0.144 e. The highest BCUT2D eigenvalue weighted by atomic mass is 32.1. The average Bonchev–Trinajstić information content (AvgIpc) is 2.73. The van der Waals surface area contributed by atoms with E-state index in [1.807, 2.05) is 31.3 Å². The number of hydrogen-bond donors (Lipinski definition) is 0. The van der Waals surface area contributed by atoms with Crippen LogP contribution >= 0.6 is 11.3 Å². The molecule has 0 amide bonds. The summed E-state index contributed by atoms with van der Waals surface area (Å²) in [7, 11) is 1.67. The van der Waals surface area contributed by atoms with Crippen molar-refractivity contribution < 1.29 is 4.74 Å². The van der Waals surface area contributed by atoms with Crippen molar-refractivity contribution in [3.63, 3.8) is 0 Å². The molecule has 0 bridgehead atoms. The van der Waals surface area contributed by atoms with E-state index in [0.717, 1.165) is 11.4 Å². The lowest BCUT2D eigenvalue weighted by molar-refractivity contribution is 0.416. The van der Waals surface area contributed by atoms with Crippen LogP contribution < -0.4 is 4.74 Å². The number of rotatable bonds is 3. The molecule has 0 atom stereocenters. The minimum atomic E-state index is 0.815. The lowest BCUT2D eigenvalue weighted by atomic mass is 10.2. The average molecular weight is 245 g/mol. The molecule has 0 spiro atoms. The van der Waals surface area contributed by atoms with Gasteiger partial charge in [0.2, 0.25) is 0 Å². The van der Waals surface area contributed by atoms with Crippen LogP contribution in [-0.2, 0) is 0 Å². The van der Waals surface area contributed by atoms with Crippen LogP contribution in [0.3, 0.4) is 0 Å². The maximum absolute atomic E-state index is 5.32. The molecule has 17 heavy (non-hydrogen) atoms. The summed E-state index contributed by atoms with van der Waals surface area (Å²) in [6.45, 7) is 4.13. The number of ether oxygens (including phenoxy) is 1. The summed E-state index contributed by atoms with van der Waals surface area (Å²) in [5.74, 6) is 0.815. The minimum absolute atomic E-state index is 0.815. The quantitative estimate of drug-likeness (QED) is 0.745. The topological polar surface area (TPSA) is 21.6 Å². The van der Waals surface area contributed by atoms with Crippen molar-refractivity contribution in [1.82, 2.24) is 0 Å². The van der Waals surface area contributed by atoms with Crippen LogP contribution in [0.5, 0.6) is 5.75 Å². The second kappa shape index (κ2) is 5.15. The Bertz CT molecular complexity index is 543. The zero-order valence-corrected chi connectivity index (χ0v) is 11.0. The zero-order valence-electron chi connectivity index (χ0n) is 10.2. The maximum Gasteiger partial charge on any atom is 0.144 e. The van der Waals surface area contributed by atoms with Crippen molar-refractivity contribution in [2.75, 3.05) is 7.11 Å². The predicted molar refractivity (Wildman–Crippen MR) is 74.0 cm³/mol. The van der Waals surface area contributed by atoms with E-state index < -0.39 is 0 Å². The molecule has 0 saturated heterocycles. The Morgan fingerprint density at radius 3 is 2.71 bits per heavy atom. The van der Waals surface area contributed by atoms with Crippen molar-refractivity contribution in [1.29, 1.82) is 0 Å². The van der Waals surface area contributed by atoms with Crippen LogP contribution in [0, 0.1) is 13.8 Å². The SMILES string of the molecule is COc1cc(C)ccc1N=Cc1sccc1C. The van der Waals surface area contributed by atoms with Crippen LogP contribution in [0.25, 0.3) is 0 Å². The van der Waals surface area contributed by atoms with Crippen molar-refractivity contribution in [2.45, 2.75) is 13.8 Å². The van der Waals surface area contributed by atoms with E-state index in [0.29, 0.717) is 0 Å². The van der Waals surface area contributed by atoms with Gasteiger partial charge in [0.1, 0.15) is 11.4 Å². The third-order valence-corrected chi connectivity index (χ3v) is 3.51. The fraction of sp³-hybridized carbons (Fsp3) is 0.214. The fourth-order valence-corrected chi connectivity index (χ4v) is 2.32. The molecule has 0 radical (unpaired) electrons. The maximum atomic E-state index is 5.32. The van der Waals surface area contributed by atoms with Crippen molar-refractivity contribution >= 4 is 23.2 Å². The highest BCUT2D eigenvalue weighted by molar-refractivity contribution is 7.11. The number of aryl methyl sites for hydroxylation is 2. The molecule has 1 heterocycles. The van der Waals surface area contributed by atoms with E-state index in [-0.39, 0.29) is 0 Å². The van der Waals surface area contributed by atoms with Gasteiger partial charge in [0.25, 0.3) is 0 Å². The van der Waals surface area contributed by atoms with Crippen LogP contribution in [0.15, 0.2) is 34.6 Å². The predicted octanol–water partition coefficient (Wildman–Crippen LogP) is 4.12. The van der Waals surface area contributed by atoms with Gasteiger partial charge in [-0.05, 0) is 48.6 Å². The van der Waals surface area contributed by atoms with E-state index in [4.69, 9.17) is 4.74 Å². The molecule has 3 heteroatoms. The summed E-state index contributed by atoms with van der Waals surface area (Å²) in [5.41, 5.74) is 3.30. The second-order valence-electron chi connectivity index (χ2n) is 3.90. The van der Waals surface area contributed by atoms with Gasteiger partial charge in [-0.1, -0.05) is 6.07 Å². The summed E-state index contributed by atoms with van der Waals surface area (Å²) < 4.78 is 5.32. The summed E-state index contributed by atoms with van der Waals surface area (Å²) >= 11 is 1.70. The number of aliphatic imine (C=N–C) groups is 1. The first-order valence-electron chi connectivity index (χ1n) is 5.43. The molecular formula is C14H15NOS. The minimum Gasteiger partial charge on any atom is -0.494 e. The van der Waals surface area contributed by atoms with E-state index in [1.165, 1.54) is 16.0 Å². The largest absolute Gasteiger partial charge is 0.494 e. The number of methoxy groups -OCH3 is 1. The van der Waals surface area contributed by atoms with Crippen molar-refractivity contribution in [3.05, 3.63) is 45.6 Å². The normalized spacial score (nSPS) is 11.0. The van der Waals surface area contributed by atoms with E-state index >= 15 is 0 Å². The highest BCUT2D eigenvalue weighted by Gasteiger charge is 2.01. The van der Waals surface area contributed by atoms with Crippen molar-refractivity contribution in [3.8, 4) is 5.75 Å². The Morgan fingerprint density at radius 2 is 2.06 bits per heavy atom. The molecule has 0 saturated carbocycles. The summed E-state index contributed by atoms with van der Waals surface area (Å²) in [6, 6.07) is 8.11. The van der Waals surface area contributed by atoms with E-state index in [1.54, 1.807) is 18.4 Å². The number of benzene rings is 1. The fourth-order valence-electron chi connectivity index (χ4n) is 1.54. The van der Waals surface area contributed by atoms with Gasteiger partial charge in [0.05, 0.1) is 7.11 Å². The second-order valence-corrected chi connectivity index (χ2v) is 4.85. The van der Waals surface area contributed by atoms with Crippen molar-refractivity contribution in [2.24, 2.45) is 4.99 Å². The first-order chi connectivity index (χ1) is 8.20. The zero-order chi connectivity index (χ0) is 12.3. The van der Waals surface area contributed by atoms with Gasteiger partial charge in [-0.15, -0.1) is 11.3 Å². The monoisotopic (exact) mass is 245 g/mol. The third kappa shape index (κ3) is 2.74. The molecule has 0 aliphatic carbocycles. The third-order valence-electron chi connectivity index (χ3n) is 2.56. The summed E-state index contributed by atoms with van der Waals surface area (Å²) in [4.78, 5) is 5.67. The van der Waals surface area contributed by atoms with Gasteiger partial charge >= 0.3 is 0 Å². The summed E-state index contributed by atoms with van der Waals surface area (Å²) in [5, 5.41) is 2.07. The molecular weight excluding hydrogens is 230 g/mol. The molecule has 0 fully saturated rings. The first kappa shape index (κ1) is 11.9. The molecule has 2 rings (SSSR count). The molecule has 0 aliphatic rings. The Kier molecular flexibility index (Phi) is 3.59. The van der Waals surface area contributed by atoms with Gasteiger partial charge in [0.15, 0.2) is 0 Å². The van der Waals surface area contributed by atoms with Crippen LogP contribution in [0.1, 0.15) is 16.0 Å². The Hall–Kier alpha value is -1.61. The molecule has 1 aromatic carbocycles. The van der Waals surface area contributed by atoms with Gasteiger partial charge in [-0.25, -0.2) is 0 Å². The lowest BCUT2D eigenvalue weighted by Crippen LogP contribution is -1.85. The molecule has 2 aromatic rings. The summed E-state index contributed by atoms with van der Waals surface area (Å²) in [6.07, 6.45) is 1.90. The molecule has 1 aromatic heterocycles.